The second-order valence-electron chi connectivity index (χ2n) is 6.39. The Morgan fingerprint density at radius 2 is 1.92 bits per heavy atom. The van der Waals surface area contributed by atoms with Gasteiger partial charge in [0.25, 0.3) is 5.56 Å². The van der Waals surface area contributed by atoms with Crippen LogP contribution in [-0.4, -0.2) is 38.6 Å². The van der Waals surface area contributed by atoms with Crippen molar-refractivity contribution in [3.8, 4) is 11.1 Å². The van der Waals surface area contributed by atoms with Crippen LogP contribution in [0.5, 0.6) is 0 Å². The lowest BCUT2D eigenvalue weighted by molar-refractivity contribution is -0.0458. The van der Waals surface area contributed by atoms with E-state index in [0.29, 0.717) is 11.1 Å². The number of hydrogen-bond donors (Lipinski definition) is 3. The van der Waals surface area contributed by atoms with Crippen molar-refractivity contribution in [2.45, 2.75) is 24.9 Å². The number of fused-ring (bicyclic) bond motifs is 1. The molecule has 4 rings (SSSR count). The van der Waals surface area contributed by atoms with Crippen LogP contribution >= 0.6 is 0 Å². The monoisotopic (exact) mass is 354 g/mol. The standard InChI is InChI=1S/C19H18N2O5/c22-10-16-15(23)8-17(26-16)21-9-14(18(24)20-19(21)25)13-6-5-11-3-1-2-4-12(11)7-13/h1-7,9,15-17,22-23H,8,10H2,(H,20,24,25)/t15-,16+,17+/m0/s1. The summed E-state index contributed by atoms with van der Waals surface area (Å²) in [6, 6.07) is 13.4. The number of aromatic nitrogens is 2. The Hall–Kier alpha value is -2.74. The van der Waals surface area contributed by atoms with Gasteiger partial charge in [-0.25, -0.2) is 4.79 Å². The first kappa shape index (κ1) is 16.7. The lowest BCUT2D eigenvalue weighted by atomic mass is 10.0. The molecule has 3 aromatic rings. The molecule has 1 aliphatic heterocycles. The van der Waals surface area contributed by atoms with E-state index in [0.717, 1.165) is 10.8 Å². The molecule has 134 valence electrons. The highest BCUT2D eigenvalue weighted by molar-refractivity contribution is 5.87. The molecular formula is C19H18N2O5. The third-order valence-electron chi connectivity index (χ3n) is 4.72. The number of hydrogen-bond acceptors (Lipinski definition) is 5. The summed E-state index contributed by atoms with van der Waals surface area (Å²) < 4.78 is 6.79. The molecular weight excluding hydrogens is 336 g/mol. The minimum atomic E-state index is -0.868. The predicted molar refractivity (Wildman–Crippen MR) is 95.9 cm³/mol. The molecule has 0 spiro atoms. The molecule has 2 aromatic carbocycles. The maximum Gasteiger partial charge on any atom is 0.330 e. The van der Waals surface area contributed by atoms with Gasteiger partial charge in [-0.1, -0.05) is 36.4 Å². The van der Waals surface area contributed by atoms with Gasteiger partial charge in [-0.15, -0.1) is 0 Å². The summed E-state index contributed by atoms with van der Waals surface area (Å²) in [6.45, 7) is -0.340. The van der Waals surface area contributed by atoms with Crippen molar-refractivity contribution in [1.29, 1.82) is 0 Å². The van der Waals surface area contributed by atoms with E-state index >= 15 is 0 Å². The molecule has 1 saturated heterocycles. The van der Waals surface area contributed by atoms with Crippen molar-refractivity contribution >= 4 is 10.8 Å². The van der Waals surface area contributed by atoms with E-state index in [4.69, 9.17) is 4.74 Å². The molecule has 0 saturated carbocycles. The summed E-state index contributed by atoms with van der Waals surface area (Å²) in [4.78, 5) is 26.8. The van der Waals surface area contributed by atoms with Crippen LogP contribution in [-0.2, 0) is 4.74 Å². The smallest absolute Gasteiger partial charge is 0.330 e. The maximum atomic E-state index is 12.3. The molecule has 1 aromatic heterocycles. The number of benzene rings is 2. The first-order chi connectivity index (χ1) is 12.6. The molecule has 0 unspecified atom stereocenters. The van der Waals surface area contributed by atoms with Gasteiger partial charge < -0.3 is 14.9 Å². The van der Waals surface area contributed by atoms with Crippen molar-refractivity contribution in [3.63, 3.8) is 0 Å². The van der Waals surface area contributed by atoms with Crippen LogP contribution in [0.3, 0.4) is 0 Å². The number of aliphatic hydroxyl groups excluding tert-OH is 2. The molecule has 7 nitrogen and oxygen atoms in total. The summed E-state index contributed by atoms with van der Waals surface area (Å²) in [5.74, 6) is 0. The van der Waals surface area contributed by atoms with Crippen LogP contribution in [0.1, 0.15) is 12.6 Å². The molecule has 0 aliphatic carbocycles. The van der Waals surface area contributed by atoms with E-state index < -0.39 is 29.7 Å². The fourth-order valence-electron chi connectivity index (χ4n) is 3.31. The number of nitrogens with zero attached hydrogens (tertiary/aromatic N) is 1. The Kier molecular flexibility index (Phi) is 4.20. The van der Waals surface area contributed by atoms with Crippen molar-refractivity contribution in [2.24, 2.45) is 0 Å². The van der Waals surface area contributed by atoms with Crippen molar-refractivity contribution in [2.75, 3.05) is 6.61 Å². The molecule has 1 fully saturated rings. The van der Waals surface area contributed by atoms with Crippen LogP contribution in [0.4, 0.5) is 0 Å². The van der Waals surface area contributed by atoms with E-state index in [1.54, 1.807) is 0 Å². The number of aromatic amines is 1. The number of ether oxygens (including phenoxy) is 1. The van der Waals surface area contributed by atoms with E-state index in [2.05, 4.69) is 4.98 Å². The maximum absolute atomic E-state index is 12.3. The number of nitrogens with one attached hydrogen (secondary N) is 1. The highest BCUT2D eigenvalue weighted by Crippen LogP contribution is 2.28. The van der Waals surface area contributed by atoms with Crippen LogP contribution < -0.4 is 11.2 Å². The third-order valence-corrected chi connectivity index (χ3v) is 4.72. The van der Waals surface area contributed by atoms with Crippen LogP contribution in [0.2, 0.25) is 0 Å². The Labute approximate surface area is 148 Å². The van der Waals surface area contributed by atoms with Gasteiger partial charge in [0.1, 0.15) is 12.3 Å². The largest absolute Gasteiger partial charge is 0.394 e. The van der Waals surface area contributed by atoms with Crippen molar-refractivity contribution < 1.29 is 14.9 Å². The summed E-state index contributed by atoms with van der Waals surface area (Å²) in [7, 11) is 0. The zero-order chi connectivity index (χ0) is 18.3. The van der Waals surface area contributed by atoms with Crippen LogP contribution in [0.15, 0.2) is 58.3 Å². The van der Waals surface area contributed by atoms with E-state index in [1.165, 1.54) is 10.8 Å². The van der Waals surface area contributed by atoms with Gasteiger partial charge >= 0.3 is 5.69 Å². The van der Waals surface area contributed by atoms with Crippen molar-refractivity contribution in [1.82, 2.24) is 9.55 Å². The van der Waals surface area contributed by atoms with Crippen LogP contribution in [0.25, 0.3) is 21.9 Å². The molecule has 26 heavy (non-hydrogen) atoms. The second kappa shape index (κ2) is 6.53. The first-order valence-corrected chi connectivity index (χ1v) is 8.36. The Morgan fingerprint density at radius 1 is 1.15 bits per heavy atom. The summed E-state index contributed by atoms with van der Waals surface area (Å²) >= 11 is 0. The molecule has 3 N–H and O–H groups in total. The number of rotatable bonds is 3. The van der Waals surface area contributed by atoms with Crippen molar-refractivity contribution in [3.05, 3.63) is 69.5 Å². The lowest BCUT2D eigenvalue weighted by Gasteiger charge is -2.15. The first-order valence-electron chi connectivity index (χ1n) is 8.36. The quantitative estimate of drug-likeness (QED) is 0.651. The molecule has 0 amide bonds. The summed E-state index contributed by atoms with van der Waals surface area (Å²) in [5.41, 5.74) is -0.0917. The average Bonchev–Trinajstić information content (AvgIpc) is 3.02. The second-order valence-corrected chi connectivity index (χ2v) is 6.39. The molecule has 0 bridgehead atoms. The number of aliphatic hydroxyl groups is 2. The fraction of sp³-hybridized carbons (Fsp3) is 0.263. The van der Waals surface area contributed by atoms with E-state index in [-0.39, 0.29) is 13.0 Å². The topological polar surface area (TPSA) is 105 Å². The minimum absolute atomic E-state index is 0.161. The lowest BCUT2D eigenvalue weighted by Crippen LogP contribution is -2.33. The average molecular weight is 354 g/mol. The molecule has 2 heterocycles. The van der Waals surface area contributed by atoms with Gasteiger partial charge in [-0.2, -0.15) is 0 Å². The Morgan fingerprint density at radius 3 is 2.65 bits per heavy atom. The van der Waals surface area contributed by atoms with Gasteiger partial charge in [0, 0.05) is 12.6 Å². The molecule has 7 heteroatoms. The molecule has 1 aliphatic rings. The zero-order valence-corrected chi connectivity index (χ0v) is 13.8. The van der Waals surface area contributed by atoms with Gasteiger partial charge in [0.05, 0.1) is 18.3 Å². The molecule has 3 atom stereocenters. The third kappa shape index (κ3) is 2.86. The predicted octanol–water partition coefficient (Wildman–Crippen LogP) is 0.997. The number of H-pyrrole nitrogens is 1. The van der Waals surface area contributed by atoms with Crippen LogP contribution in [0, 0.1) is 0 Å². The Bertz CT molecular complexity index is 1070. The van der Waals surface area contributed by atoms with Gasteiger partial charge in [-0.3, -0.25) is 14.3 Å². The summed E-state index contributed by atoms with van der Waals surface area (Å²) in [6.07, 6.45) is -0.752. The minimum Gasteiger partial charge on any atom is -0.394 e. The van der Waals surface area contributed by atoms with E-state index in [1.807, 2.05) is 42.5 Å². The zero-order valence-electron chi connectivity index (χ0n) is 13.8. The van der Waals surface area contributed by atoms with Gasteiger partial charge in [0.2, 0.25) is 0 Å². The van der Waals surface area contributed by atoms with Gasteiger partial charge in [-0.05, 0) is 22.4 Å². The van der Waals surface area contributed by atoms with E-state index in [9.17, 15) is 19.8 Å². The highest BCUT2D eigenvalue weighted by atomic mass is 16.5. The SMILES string of the molecule is O=c1[nH]c(=O)n([C@H]2C[C@H](O)[C@@H](CO)O2)cc1-c1ccc2ccccc2c1. The normalized spacial score (nSPS) is 22.8. The summed E-state index contributed by atoms with van der Waals surface area (Å²) in [5, 5.41) is 21.1. The Balaban J connectivity index is 1.79. The molecule has 0 radical (unpaired) electrons. The fourth-order valence-corrected chi connectivity index (χ4v) is 3.31. The highest BCUT2D eigenvalue weighted by Gasteiger charge is 2.35. The van der Waals surface area contributed by atoms with Gasteiger partial charge in [0.15, 0.2) is 0 Å².